The average molecular weight is 219 g/mol. The van der Waals surface area contributed by atoms with Gasteiger partial charge in [-0.05, 0) is 32.0 Å². The Morgan fingerprint density at radius 3 is 2.75 bits per heavy atom. The molecule has 0 unspecified atom stereocenters. The molecule has 0 spiro atoms. The molecule has 1 aliphatic rings. The molecule has 2 rings (SSSR count). The molecule has 0 bridgehead atoms. The first-order chi connectivity index (χ1) is 7.72. The lowest BCUT2D eigenvalue weighted by atomic mass is 10.1. The van der Waals surface area contributed by atoms with Gasteiger partial charge in [0.25, 0.3) is 0 Å². The Balaban J connectivity index is 2.07. The highest BCUT2D eigenvalue weighted by molar-refractivity contribution is 6.00. The quantitative estimate of drug-likeness (QED) is 0.709. The van der Waals surface area contributed by atoms with Crippen molar-refractivity contribution >= 4 is 5.78 Å². The van der Waals surface area contributed by atoms with Crippen LogP contribution in [0.1, 0.15) is 23.2 Å². The van der Waals surface area contributed by atoms with Crippen LogP contribution in [0.2, 0.25) is 0 Å². The van der Waals surface area contributed by atoms with Crippen molar-refractivity contribution in [2.75, 3.05) is 20.7 Å². The van der Waals surface area contributed by atoms with Crippen LogP contribution < -0.4 is 4.74 Å². The molecule has 0 N–H and O–H groups in total. The second-order valence-electron chi connectivity index (χ2n) is 4.27. The van der Waals surface area contributed by atoms with Gasteiger partial charge < -0.3 is 4.74 Å². The van der Waals surface area contributed by atoms with Crippen molar-refractivity contribution in [3.05, 3.63) is 29.8 Å². The highest BCUT2D eigenvalue weighted by Crippen LogP contribution is 2.26. The van der Waals surface area contributed by atoms with E-state index in [-0.39, 0.29) is 5.78 Å². The number of carbonyl (C=O) groups excluding carboxylic acids is 1. The highest BCUT2D eigenvalue weighted by Gasteiger charge is 2.27. The molecule has 0 amide bonds. The van der Waals surface area contributed by atoms with Crippen molar-refractivity contribution in [3.8, 4) is 5.75 Å². The van der Waals surface area contributed by atoms with Crippen LogP contribution in [-0.2, 0) is 0 Å². The topological polar surface area (TPSA) is 29.5 Å². The van der Waals surface area contributed by atoms with E-state index in [1.807, 2.05) is 31.3 Å². The van der Waals surface area contributed by atoms with E-state index >= 15 is 0 Å². The maximum absolute atomic E-state index is 12.0. The Morgan fingerprint density at radius 2 is 2.12 bits per heavy atom. The average Bonchev–Trinajstić information content (AvgIpc) is 3.12. The molecule has 1 aromatic carbocycles. The van der Waals surface area contributed by atoms with E-state index in [2.05, 4.69) is 4.90 Å². The summed E-state index contributed by atoms with van der Waals surface area (Å²) in [5.41, 5.74) is 0.678. The zero-order chi connectivity index (χ0) is 11.5. The molecule has 0 atom stereocenters. The Morgan fingerprint density at radius 1 is 1.44 bits per heavy atom. The van der Waals surface area contributed by atoms with Gasteiger partial charge in [0.2, 0.25) is 0 Å². The summed E-state index contributed by atoms with van der Waals surface area (Å²) in [5.74, 6) is 0.795. The Labute approximate surface area is 96.0 Å². The molecule has 0 saturated heterocycles. The van der Waals surface area contributed by atoms with Gasteiger partial charge in [-0.3, -0.25) is 9.69 Å². The molecule has 0 aromatic heterocycles. The molecular formula is C13H17NO2. The standard InChI is InChI=1S/C13H17NO2/c1-14(10-7-8-10)9-12(15)11-5-3-4-6-13(11)16-2/h3-6,10H,7-9H2,1-2H3. The molecule has 1 aromatic rings. The van der Waals surface area contributed by atoms with E-state index in [4.69, 9.17) is 4.74 Å². The number of benzene rings is 1. The number of carbonyl (C=O) groups is 1. The number of likely N-dealkylation sites (N-methyl/N-ethyl adjacent to an activating group) is 1. The molecule has 16 heavy (non-hydrogen) atoms. The maximum atomic E-state index is 12.0. The summed E-state index contributed by atoms with van der Waals surface area (Å²) < 4.78 is 5.18. The van der Waals surface area contributed by atoms with Gasteiger partial charge in [0.15, 0.2) is 5.78 Å². The Hall–Kier alpha value is -1.35. The lowest BCUT2D eigenvalue weighted by molar-refractivity contribution is 0.0939. The van der Waals surface area contributed by atoms with Gasteiger partial charge in [-0.1, -0.05) is 12.1 Å². The molecule has 0 heterocycles. The summed E-state index contributed by atoms with van der Waals surface area (Å²) in [4.78, 5) is 14.2. The fraction of sp³-hybridized carbons (Fsp3) is 0.462. The number of rotatable bonds is 5. The van der Waals surface area contributed by atoms with Gasteiger partial charge in [0, 0.05) is 6.04 Å². The number of hydrogen-bond donors (Lipinski definition) is 0. The summed E-state index contributed by atoms with van der Waals surface area (Å²) in [7, 11) is 3.60. The van der Waals surface area contributed by atoms with E-state index in [1.165, 1.54) is 12.8 Å². The fourth-order valence-electron chi connectivity index (χ4n) is 1.83. The molecule has 86 valence electrons. The van der Waals surface area contributed by atoms with Crippen LogP contribution in [0.25, 0.3) is 0 Å². The SMILES string of the molecule is COc1ccccc1C(=O)CN(C)C1CC1. The predicted molar refractivity (Wildman–Crippen MR) is 63.0 cm³/mol. The van der Waals surface area contributed by atoms with Crippen molar-refractivity contribution in [2.24, 2.45) is 0 Å². The van der Waals surface area contributed by atoms with Crippen LogP contribution in [0.3, 0.4) is 0 Å². The highest BCUT2D eigenvalue weighted by atomic mass is 16.5. The van der Waals surface area contributed by atoms with Crippen molar-refractivity contribution in [3.63, 3.8) is 0 Å². The van der Waals surface area contributed by atoms with Crippen molar-refractivity contribution < 1.29 is 9.53 Å². The summed E-state index contributed by atoms with van der Waals surface area (Å²) in [6, 6.07) is 8.00. The van der Waals surface area contributed by atoms with Crippen LogP contribution in [0.15, 0.2) is 24.3 Å². The monoisotopic (exact) mass is 219 g/mol. The smallest absolute Gasteiger partial charge is 0.180 e. The summed E-state index contributed by atoms with van der Waals surface area (Å²) in [6.07, 6.45) is 2.44. The Kier molecular flexibility index (Phi) is 3.25. The normalized spacial score (nSPS) is 15.2. The van der Waals surface area contributed by atoms with Gasteiger partial charge in [0.1, 0.15) is 5.75 Å². The van der Waals surface area contributed by atoms with Gasteiger partial charge in [-0.25, -0.2) is 0 Å². The zero-order valence-electron chi connectivity index (χ0n) is 9.77. The van der Waals surface area contributed by atoms with Crippen molar-refractivity contribution in [1.29, 1.82) is 0 Å². The number of nitrogens with zero attached hydrogens (tertiary/aromatic N) is 1. The summed E-state index contributed by atoms with van der Waals surface area (Å²) in [5, 5.41) is 0. The Bertz CT molecular complexity index is 385. The first-order valence-electron chi connectivity index (χ1n) is 5.59. The lowest BCUT2D eigenvalue weighted by Gasteiger charge is -2.15. The minimum absolute atomic E-state index is 0.131. The van der Waals surface area contributed by atoms with Crippen LogP contribution in [0.5, 0.6) is 5.75 Å². The van der Waals surface area contributed by atoms with Gasteiger partial charge in [0.05, 0.1) is 19.2 Å². The minimum atomic E-state index is 0.131. The minimum Gasteiger partial charge on any atom is -0.496 e. The molecule has 1 fully saturated rings. The predicted octanol–water partition coefficient (Wildman–Crippen LogP) is 1.97. The third kappa shape index (κ3) is 2.42. The van der Waals surface area contributed by atoms with E-state index in [0.717, 1.165) is 0 Å². The zero-order valence-corrected chi connectivity index (χ0v) is 9.77. The number of ether oxygens (including phenoxy) is 1. The van der Waals surface area contributed by atoms with Crippen LogP contribution >= 0.6 is 0 Å². The number of Topliss-reactive ketones (excluding diaryl/α,β-unsaturated/α-hetero) is 1. The first-order valence-corrected chi connectivity index (χ1v) is 5.59. The largest absolute Gasteiger partial charge is 0.496 e. The fourth-order valence-corrected chi connectivity index (χ4v) is 1.83. The second-order valence-corrected chi connectivity index (χ2v) is 4.27. The van der Waals surface area contributed by atoms with Crippen molar-refractivity contribution in [1.82, 2.24) is 4.90 Å². The van der Waals surface area contributed by atoms with E-state index in [9.17, 15) is 4.79 Å². The third-order valence-corrected chi connectivity index (χ3v) is 2.97. The number of hydrogen-bond acceptors (Lipinski definition) is 3. The first kappa shape index (κ1) is 11.1. The summed E-state index contributed by atoms with van der Waals surface area (Å²) >= 11 is 0. The van der Waals surface area contributed by atoms with E-state index in [0.29, 0.717) is 23.9 Å². The van der Waals surface area contributed by atoms with Gasteiger partial charge in [-0.15, -0.1) is 0 Å². The molecule has 3 heteroatoms. The van der Waals surface area contributed by atoms with Gasteiger partial charge >= 0.3 is 0 Å². The number of para-hydroxylation sites is 1. The van der Waals surface area contributed by atoms with E-state index < -0.39 is 0 Å². The molecule has 0 aliphatic heterocycles. The number of ketones is 1. The second kappa shape index (κ2) is 4.66. The molecule has 1 aliphatic carbocycles. The molecule has 3 nitrogen and oxygen atoms in total. The number of methoxy groups -OCH3 is 1. The van der Waals surface area contributed by atoms with Crippen molar-refractivity contribution in [2.45, 2.75) is 18.9 Å². The lowest BCUT2D eigenvalue weighted by Crippen LogP contribution is -2.28. The molecule has 1 saturated carbocycles. The third-order valence-electron chi connectivity index (χ3n) is 2.97. The molecular weight excluding hydrogens is 202 g/mol. The maximum Gasteiger partial charge on any atom is 0.180 e. The van der Waals surface area contributed by atoms with E-state index in [1.54, 1.807) is 7.11 Å². The van der Waals surface area contributed by atoms with Crippen LogP contribution in [0, 0.1) is 0 Å². The van der Waals surface area contributed by atoms with Crippen LogP contribution in [0.4, 0.5) is 0 Å². The molecule has 0 radical (unpaired) electrons. The summed E-state index contributed by atoms with van der Waals surface area (Å²) in [6.45, 7) is 0.477. The van der Waals surface area contributed by atoms with Crippen LogP contribution in [-0.4, -0.2) is 37.4 Å². The van der Waals surface area contributed by atoms with Gasteiger partial charge in [-0.2, -0.15) is 0 Å².